The molecule has 110 valence electrons. The van der Waals surface area contributed by atoms with E-state index >= 15 is 0 Å². The van der Waals surface area contributed by atoms with Crippen molar-refractivity contribution in [2.24, 2.45) is 11.5 Å². The highest BCUT2D eigenvalue weighted by molar-refractivity contribution is 7.19. The number of hydrogen-bond donors (Lipinski definition) is 5. The van der Waals surface area contributed by atoms with E-state index in [4.69, 9.17) is 17.2 Å². The van der Waals surface area contributed by atoms with Crippen molar-refractivity contribution in [2.75, 3.05) is 11.1 Å². The van der Waals surface area contributed by atoms with Crippen molar-refractivity contribution in [3.8, 4) is 0 Å². The Morgan fingerprint density at radius 2 is 1.75 bits per heavy atom. The molecule has 0 spiro atoms. The highest BCUT2D eigenvalue weighted by atomic mass is 32.1. The minimum atomic E-state index is -0.690. The van der Waals surface area contributed by atoms with E-state index in [-0.39, 0.29) is 28.3 Å². The van der Waals surface area contributed by atoms with Gasteiger partial charge in [0.25, 0.3) is 11.8 Å². The Morgan fingerprint density at radius 3 is 2.25 bits per heavy atom. The number of amides is 2. The molecule has 1 aliphatic carbocycles. The summed E-state index contributed by atoms with van der Waals surface area (Å²) < 4.78 is 0. The van der Waals surface area contributed by atoms with Crippen LogP contribution in [0.5, 0.6) is 0 Å². The third-order valence-corrected chi connectivity index (χ3v) is 4.60. The molecule has 1 aliphatic rings. The van der Waals surface area contributed by atoms with Crippen molar-refractivity contribution in [2.45, 2.75) is 37.8 Å². The Morgan fingerprint density at radius 1 is 1.15 bits per heavy atom. The Bertz CT molecular complexity index is 535. The van der Waals surface area contributed by atoms with Gasteiger partial charge >= 0.3 is 0 Å². The lowest BCUT2D eigenvalue weighted by Gasteiger charge is -2.26. The van der Waals surface area contributed by atoms with Gasteiger partial charge < -0.3 is 27.6 Å². The number of aliphatic hydroxyl groups excluding tert-OH is 1. The monoisotopic (exact) mass is 298 g/mol. The van der Waals surface area contributed by atoms with Gasteiger partial charge in [0.2, 0.25) is 0 Å². The quantitative estimate of drug-likeness (QED) is 0.541. The molecule has 0 saturated heterocycles. The molecule has 8 N–H and O–H groups in total. The maximum Gasteiger partial charge on any atom is 0.260 e. The highest BCUT2D eigenvalue weighted by Gasteiger charge is 2.26. The van der Waals surface area contributed by atoms with Crippen LogP contribution in [0.1, 0.15) is 45.7 Å². The molecule has 7 nitrogen and oxygen atoms in total. The number of nitrogen functional groups attached to an aromatic ring is 1. The normalized spacial score (nSPS) is 22.4. The smallest absolute Gasteiger partial charge is 0.260 e. The molecule has 8 heteroatoms. The number of anilines is 2. The fourth-order valence-electron chi connectivity index (χ4n) is 2.38. The molecular formula is C12H18N4O3S. The predicted molar refractivity (Wildman–Crippen MR) is 77.7 cm³/mol. The van der Waals surface area contributed by atoms with E-state index < -0.39 is 11.8 Å². The second-order valence-electron chi connectivity index (χ2n) is 4.93. The predicted octanol–water partition coefficient (Wildman–Crippen LogP) is 0.243. The molecule has 0 bridgehead atoms. The summed E-state index contributed by atoms with van der Waals surface area (Å²) in [7, 11) is 0. The molecule has 0 aromatic carbocycles. The number of hydrogen-bond acceptors (Lipinski definition) is 6. The molecule has 2 amide bonds. The molecule has 0 aliphatic heterocycles. The van der Waals surface area contributed by atoms with Crippen LogP contribution in [0.2, 0.25) is 0 Å². The number of rotatable bonds is 4. The SMILES string of the molecule is NC(=O)c1sc(NC2CCC(O)CC2)c(C(N)=O)c1N. The second-order valence-corrected chi connectivity index (χ2v) is 5.95. The van der Waals surface area contributed by atoms with Crippen molar-refractivity contribution in [3.63, 3.8) is 0 Å². The second kappa shape index (κ2) is 5.68. The third-order valence-electron chi connectivity index (χ3n) is 3.45. The van der Waals surface area contributed by atoms with Crippen LogP contribution in [0.4, 0.5) is 10.7 Å². The van der Waals surface area contributed by atoms with Crippen LogP contribution in [0.25, 0.3) is 0 Å². The van der Waals surface area contributed by atoms with E-state index in [1.54, 1.807) is 0 Å². The van der Waals surface area contributed by atoms with Crippen LogP contribution >= 0.6 is 11.3 Å². The number of primary amides is 2. The number of nitrogens with one attached hydrogen (secondary N) is 1. The summed E-state index contributed by atoms with van der Waals surface area (Å²) in [6.45, 7) is 0. The number of thiophene rings is 1. The van der Waals surface area contributed by atoms with E-state index in [1.165, 1.54) is 0 Å². The molecule has 0 radical (unpaired) electrons. The lowest BCUT2D eigenvalue weighted by Crippen LogP contribution is -2.28. The fourth-order valence-corrected chi connectivity index (χ4v) is 3.43. The zero-order chi connectivity index (χ0) is 14.9. The lowest BCUT2D eigenvalue weighted by atomic mass is 9.93. The summed E-state index contributed by atoms with van der Waals surface area (Å²) in [4.78, 5) is 22.9. The fraction of sp³-hybridized carbons (Fsp3) is 0.500. The van der Waals surface area contributed by atoms with E-state index in [0.717, 1.165) is 24.2 Å². The van der Waals surface area contributed by atoms with Gasteiger partial charge in [-0.05, 0) is 25.7 Å². The minimum Gasteiger partial charge on any atom is -0.397 e. The molecule has 0 atom stereocenters. The van der Waals surface area contributed by atoms with Gasteiger partial charge in [-0.2, -0.15) is 0 Å². The number of aliphatic hydroxyl groups is 1. The summed E-state index contributed by atoms with van der Waals surface area (Å²) in [5.74, 6) is -1.37. The Labute approximate surface area is 120 Å². The molecule has 2 rings (SSSR count). The Balaban J connectivity index is 2.24. The summed E-state index contributed by atoms with van der Waals surface area (Å²) >= 11 is 1.04. The van der Waals surface area contributed by atoms with Crippen molar-refractivity contribution < 1.29 is 14.7 Å². The molecule has 1 aromatic rings. The zero-order valence-corrected chi connectivity index (χ0v) is 11.7. The van der Waals surface area contributed by atoms with Crippen LogP contribution < -0.4 is 22.5 Å². The summed E-state index contributed by atoms with van der Waals surface area (Å²) in [6.07, 6.45) is 2.70. The zero-order valence-electron chi connectivity index (χ0n) is 10.9. The first kappa shape index (κ1) is 14.6. The van der Waals surface area contributed by atoms with Gasteiger partial charge in [0, 0.05) is 6.04 Å². The molecular weight excluding hydrogens is 280 g/mol. The largest absolute Gasteiger partial charge is 0.397 e. The van der Waals surface area contributed by atoms with Gasteiger partial charge in [-0.25, -0.2) is 0 Å². The van der Waals surface area contributed by atoms with Gasteiger partial charge in [0.05, 0.1) is 17.4 Å². The van der Waals surface area contributed by atoms with Gasteiger partial charge in [-0.3, -0.25) is 9.59 Å². The summed E-state index contributed by atoms with van der Waals surface area (Å²) in [5.41, 5.74) is 16.5. The first-order valence-corrected chi connectivity index (χ1v) is 7.18. The average Bonchev–Trinajstić information content (AvgIpc) is 2.69. The maximum absolute atomic E-state index is 11.5. The molecule has 1 heterocycles. The highest BCUT2D eigenvalue weighted by Crippen LogP contribution is 2.36. The van der Waals surface area contributed by atoms with Crippen LogP contribution in [-0.4, -0.2) is 29.1 Å². The maximum atomic E-state index is 11.5. The molecule has 1 aromatic heterocycles. The summed E-state index contributed by atoms with van der Waals surface area (Å²) in [5, 5.41) is 13.1. The number of carbonyl (C=O) groups excluding carboxylic acids is 2. The number of nitrogens with two attached hydrogens (primary N) is 3. The standard InChI is InChI=1S/C12H18N4O3S/c13-8-7(10(14)18)12(20-9(8)11(15)19)16-5-1-3-6(17)4-2-5/h5-6,16-17H,1-4,13H2,(H2,14,18)(H2,15,19). The van der Waals surface area contributed by atoms with Crippen molar-refractivity contribution in [1.82, 2.24) is 0 Å². The van der Waals surface area contributed by atoms with Crippen molar-refractivity contribution in [3.05, 3.63) is 10.4 Å². The Hall–Kier alpha value is -1.80. The molecule has 0 unspecified atom stereocenters. The van der Waals surface area contributed by atoms with E-state index in [0.29, 0.717) is 17.8 Å². The molecule has 1 fully saturated rings. The van der Waals surface area contributed by atoms with Crippen molar-refractivity contribution in [1.29, 1.82) is 0 Å². The lowest BCUT2D eigenvalue weighted by molar-refractivity contribution is 0.0999. The van der Waals surface area contributed by atoms with Crippen LogP contribution in [0, 0.1) is 0 Å². The first-order chi connectivity index (χ1) is 9.40. The van der Waals surface area contributed by atoms with E-state index in [9.17, 15) is 14.7 Å². The van der Waals surface area contributed by atoms with Crippen LogP contribution in [0.3, 0.4) is 0 Å². The van der Waals surface area contributed by atoms with Crippen molar-refractivity contribution >= 4 is 33.8 Å². The van der Waals surface area contributed by atoms with E-state index in [1.807, 2.05) is 0 Å². The summed E-state index contributed by atoms with van der Waals surface area (Å²) in [6, 6.07) is 0.121. The van der Waals surface area contributed by atoms with E-state index in [2.05, 4.69) is 5.32 Å². The molecule has 1 saturated carbocycles. The van der Waals surface area contributed by atoms with Gasteiger partial charge in [0.1, 0.15) is 9.88 Å². The third kappa shape index (κ3) is 2.86. The van der Waals surface area contributed by atoms with Gasteiger partial charge in [0.15, 0.2) is 0 Å². The first-order valence-electron chi connectivity index (χ1n) is 6.36. The van der Waals surface area contributed by atoms with Crippen LogP contribution in [0.15, 0.2) is 0 Å². The average molecular weight is 298 g/mol. The topological polar surface area (TPSA) is 144 Å². The molecule has 20 heavy (non-hydrogen) atoms. The van der Waals surface area contributed by atoms with Crippen LogP contribution in [-0.2, 0) is 0 Å². The minimum absolute atomic E-state index is 0.0355. The van der Waals surface area contributed by atoms with Gasteiger partial charge in [-0.15, -0.1) is 11.3 Å². The number of carbonyl (C=O) groups is 2. The Kier molecular flexibility index (Phi) is 4.15. The van der Waals surface area contributed by atoms with Gasteiger partial charge in [-0.1, -0.05) is 0 Å².